The summed E-state index contributed by atoms with van der Waals surface area (Å²) in [4.78, 5) is 17.1. The first-order valence-electron chi connectivity index (χ1n) is 8.91. The van der Waals surface area contributed by atoms with E-state index in [2.05, 4.69) is 15.4 Å². The van der Waals surface area contributed by atoms with E-state index in [1.54, 1.807) is 30.5 Å². The highest BCUT2D eigenvalue weighted by Gasteiger charge is 2.19. The molecule has 0 spiro atoms. The van der Waals surface area contributed by atoms with E-state index in [0.717, 1.165) is 5.69 Å². The van der Waals surface area contributed by atoms with Gasteiger partial charge in [0, 0.05) is 11.8 Å². The first kappa shape index (κ1) is 18.8. The molecule has 1 amide bonds. The highest BCUT2D eigenvalue weighted by atomic mass is 35.5. The van der Waals surface area contributed by atoms with Gasteiger partial charge in [0.05, 0.1) is 28.6 Å². The van der Waals surface area contributed by atoms with E-state index in [0.29, 0.717) is 27.7 Å². The fourth-order valence-electron chi connectivity index (χ4n) is 2.89. The average Bonchev–Trinajstić information content (AvgIpc) is 3.19. The zero-order valence-electron chi connectivity index (χ0n) is 15.2. The topological polar surface area (TPSA) is 59.8 Å². The van der Waals surface area contributed by atoms with Crippen molar-refractivity contribution in [3.63, 3.8) is 0 Å². The van der Waals surface area contributed by atoms with E-state index in [4.69, 9.17) is 11.6 Å². The van der Waals surface area contributed by atoms with Gasteiger partial charge in [-0.05, 0) is 48.5 Å². The molecule has 1 N–H and O–H groups in total. The number of rotatable bonds is 5. The van der Waals surface area contributed by atoms with Gasteiger partial charge < -0.3 is 5.32 Å². The minimum Gasteiger partial charge on any atom is -0.345 e. The van der Waals surface area contributed by atoms with Crippen LogP contribution in [0.4, 0.5) is 4.39 Å². The monoisotopic (exact) mass is 406 g/mol. The molecule has 4 rings (SSSR count). The molecule has 4 aromatic rings. The van der Waals surface area contributed by atoms with Gasteiger partial charge in [-0.15, -0.1) is 0 Å². The maximum absolute atomic E-state index is 13.4. The summed E-state index contributed by atoms with van der Waals surface area (Å²) in [6.45, 7) is 0.274. The van der Waals surface area contributed by atoms with E-state index in [1.807, 2.05) is 36.4 Å². The van der Waals surface area contributed by atoms with E-state index >= 15 is 0 Å². The predicted molar refractivity (Wildman–Crippen MR) is 109 cm³/mol. The number of amides is 1. The van der Waals surface area contributed by atoms with Crippen LogP contribution in [0.2, 0.25) is 5.02 Å². The van der Waals surface area contributed by atoms with Crippen LogP contribution in [0.15, 0.2) is 79.0 Å². The van der Waals surface area contributed by atoms with Crippen molar-refractivity contribution >= 4 is 17.5 Å². The molecule has 0 unspecified atom stereocenters. The van der Waals surface area contributed by atoms with Crippen LogP contribution in [0.3, 0.4) is 0 Å². The van der Waals surface area contributed by atoms with Crippen LogP contribution in [-0.4, -0.2) is 20.7 Å². The Morgan fingerprint density at radius 2 is 1.79 bits per heavy atom. The second-order valence-electron chi connectivity index (χ2n) is 6.29. The minimum absolute atomic E-state index is 0.274. The van der Waals surface area contributed by atoms with Crippen LogP contribution in [-0.2, 0) is 6.54 Å². The number of carbonyl (C=O) groups excluding carboxylic acids is 1. The van der Waals surface area contributed by atoms with E-state index in [-0.39, 0.29) is 18.3 Å². The first-order valence-corrected chi connectivity index (χ1v) is 9.28. The zero-order valence-corrected chi connectivity index (χ0v) is 16.0. The molecular formula is C22H16ClFN4O. The molecular weight excluding hydrogens is 391 g/mol. The van der Waals surface area contributed by atoms with Gasteiger partial charge in [0.25, 0.3) is 5.91 Å². The molecule has 29 heavy (non-hydrogen) atoms. The van der Waals surface area contributed by atoms with E-state index in [9.17, 15) is 9.18 Å². The Hall–Kier alpha value is -3.51. The van der Waals surface area contributed by atoms with Crippen molar-refractivity contribution in [3.8, 4) is 16.9 Å². The fraction of sp³-hybridized carbons (Fsp3) is 0.0455. The number of nitrogens with one attached hydrogen (secondary N) is 1. The number of hydrogen-bond acceptors (Lipinski definition) is 3. The Labute approximate surface area is 171 Å². The molecule has 0 atom stereocenters. The van der Waals surface area contributed by atoms with Crippen molar-refractivity contribution in [2.75, 3.05) is 0 Å². The fourth-order valence-corrected chi connectivity index (χ4v) is 3.12. The summed E-state index contributed by atoms with van der Waals surface area (Å²) in [5.41, 5.74) is 2.85. The first-order chi connectivity index (χ1) is 14.1. The lowest BCUT2D eigenvalue weighted by Gasteiger charge is -2.08. The summed E-state index contributed by atoms with van der Waals surface area (Å²) in [5, 5.41) is 7.92. The number of halogens is 2. The van der Waals surface area contributed by atoms with Crippen LogP contribution < -0.4 is 5.32 Å². The van der Waals surface area contributed by atoms with Crippen molar-refractivity contribution in [3.05, 3.63) is 101 Å². The molecule has 0 radical (unpaired) electrons. The van der Waals surface area contributed by atoms with E-state index < -0.39 is 0 Å². The van der Waals surface area contributed by atoms with Crippen LogP contribution in [0.25, 0.3) is 16.9 Å². The van der Waals surface area contributed by atoms with Gasteiger partial charge in [-0.1, -0.05) is 35.9 Å². The average molecular weight is 407 g/mol. The Kier molecular flexibility index (Phi) is 5.35. The molecule has 144 valence electrons. The molecule has 2 heterocycles. The highest BCUT2D eigenvalue weighted by molar-refractivity contribution is 6.33. The normalized spacial score (nSPS) is 10.7. The molecule has 7 heteroatoms. The lowest BCUT2D eigenvalue weighted by Crippen LogP contribution is -2.25. The third-order valence-corrected chi connectivity index (χ3v) is 4.65. The largest absolute Gasteiger partial charge is 0.345 e. The second kappa shape index (κ2) is 8.24. The number of aromatic nitrogens is 3. The molecule has 0 aliphatic carbocycles. The molecule has 0 saturated carbocycles. The van der Waals surface area contributed by atoms with Crippen LogP contribution in [0.1, 0.15) is 16.2 Å². The molecule has 0 fully saturated rings. The predicted octanol–water partition coefficient (Wildman–Crippen LogP) is 4.66. The maximum Gasteiger partial charge on any atom is 0.270 e. The van der Waals surface area contributed by atoms with Gasteiger partial charge in [-0.3, -0.25) is 9.78 Å². The Morgan fingerprint density at radius 3 is 2.52 bits per heavy atom. The smallest absolute Gasteiger partial charge is 0.270 e. The number of nitrogens with zero attached hydrogens (tertiary/aromatic N) is 3. The van der Waals surface area contributed by atoms with Crippen molar-refractivity contribution < 1.29 is 9.18 Å². The highest BCUT2D eigenvalue weighted by Crippen LogP contribution is 2.28. The number of carbonyl (C=O) groups is 1. The van der Waals surface area contributed by atoms with Crippen LogP contribution >= 0.6 is 11.6 Å². The third-order valence-electron chi connectivity index (χ3n) is 4.32. The van der Waals surface area contributed by atoms with Crippen molar-refractivity contribution in [2.45, 2.75) is 6.54 Å². The molecule has 0 bridgehead atoms. The quantitative estimate of drug-likeness (QED) is 0.524. The minimum atomic E-state index is -0.367. The SMILES string of the molecule is O=C(NCc1ccccn1)c1cc(-c2ccccc2Cl)nn1-c1ccc(F)cc1. The summed E-state index contributed by atoms with van der Waals surface area (Å²) in [5.74, 6) is -0.695. The number of pyridine rings is 1. The number of benzene rings is 2. The van der Waals surface area contributed by atoms with Gasteiger partial charge >= 0.3 is 0 Å². The Bertz CT molecular complexity index is 1140. The van der Waals surface area contributed by atoms with Crippen molar-refractivity contribution in [1.29, 1.82) is 0 Å². The van der Waals surface area contributed by atoms with Gasteiger partial charge in [-0.2, -0.15) is 5.10 Å². The van der Waals surface area contributed by atoms with Crippen molar-refractivity contribution in [1.82, 2.24) is 20.1 Å². The summed E-state index contributed by atoms with van der Waals surface area (Å²) in [6, 6.07) is 20.2. The summed E-state index contributed by atoms with van der Waals surface area (Å²) in [7, 11) is 0. The molecule has 5 nitrogen and oxygen atoms in total. The third kappa shape index (κ3) is 4.17. The van der Waals surface area contributed by atoms with Crippen molar-refractivity contribution in [2.24, 2.45) is 0 Å². The number of hydrogen-bond donors (Lipinski definition) is 1. The molecule has 2 aromatic heterocycles. The van der Waals surface area contributed by atoms with Gasteiger partial charge in [0.2, 0.25) is 0 Å². The van der Waals surface area contributed by atoms with E-state index in [1.165, 1.54) is 16.8 Å². The Balaban J connectivity index is 1.71. The lowest BCUT2D eigenvalue weighted by molar-refractivity contribution is 0.0942. The van der Waals surface area contributed by atoms with Gasteiger partial charge in [0.1, 0.15) is 11.5 Å². The molecule has 0 aliphatic rings. The standard InChI is InChI=1S/C22H16ClFN4O/c23-19-7-2-1-6-18(19)20-13-21(22(29)26-14-16-5-3-4-12-25-16)28(27-20)17-10-8-15(24)9-11-17/h1-13H,14H2,(H,26,29). The molecule has 2 aromatic carbocycles. The summed E-state index contributed by atoms with van der Waals surface area (Å²) in [6.07, 6.45) is 1.67. The van der Waals surface area contributed by atoms with Gasteiger partial charge in [0.15, 0.2) is 0 Å². The lowest BCUT2D eigenvalue weighted by atomic mass is 10.1. The second-order valence-corrected chi connectivity index (χ2v) is 6.69. The van der Waals surface area contributed by atoms with Gasteiger partial charge in [-0.25, -0.2) is 9.07 Å². The summed E-state index contributed by atoms with van der Waals surface area (Å²) < 4.78 is 14.8. The Morgan fingerprint density at radius 1 is 1.03 bits per heavy atom. The molecule has 0 aliphatic heterocycles. The molecule has 0 saturated heterocycles. The zero-order chi connectivity index (χ0) is 20.2. The van der Waals surface area contributed by atoms with Crippen LogP contribution in [0.5, 0.6) is 0 Å². The van der Waals surface area contributed by atoms with Crippen LogP contribution in [0, 0.1) is 5.82 Å². The summed E-state index contributed by atoms with van der Waals surface area (Å²) >= 11 is 6.30. The maximum atomic E-state index is 13.4.